The molecule has 0 aromatic heterocycles. The van der Waals surface area contributed by atoms with E-state index in [1.165, 1.54) is 0 Å². The average Bonchev–Trinajstić information content (AvgIpc) is 3.26. The standard InChI is InChI=1S/C27H26N2O4/c1-18-13-14-19(2)23(16-18)28-26(31)25(20-8-4-3-5-9-20)33-27(32)21-10-6-11-22(17-21)29-15-7-12-24(29)30/h3-6,8-11,13-14,16-17,25H,7,12,15H2,1-2H3,(H,28,31). The second-order valence-corrected chi connectivity index (χ2v) is 8.20. The molecule has 1 fully saturated rings. The molecule has 1 N–H and O–H groups in total. The average molecular weight is 443 g/mol. The zero-order valence-corrected chi connectivity index (χ0v) is 18.7. The van der Waals surface area contributed by atoms with Gasteiger partial charge >= 0.3 is 5.97 Å². The van der Waals surface area contributed by atoms with Crippen LogP contribution >= 0.6 is 0 Å². The van der Waals surface area contributed by atoms with E-state index in [9.17, 15) is 14.4 Å². The molecule has 0 bridgehead atoms. The lowest BCUT2D eigenvalue weighted by atomic mass is 10.1. The van der Waals surface area contributed by atoms with E-state index in [0.29, 0.717) is 29.9 Å². The topological polar surface area (TPSA) is 75.7 Å². The summed E-state index contributed by atoms with van der Waals surface area (Å²) in [5, 5.41) is 2.90. The number of nitrogens with one attached hydrogen (secondary N) is 1. The van der Waals surface area contributed by atoms with Gasteiger partial charge in [0.05, 0.1) is 5.56 Å². The Morgan fingerprint density at radius 3 is 2.48 bits per heavy atom. The third-order valence-electron chi connectivity index (χ3n) is 5.68. The molecule has 1 aliphatic rings. The fourth-order valence-electron chi connectivity index (χ4n) is 3.87. The number of nitrogens with zero attached hydrogens (tertiary/aromatic N) is 1. The highest BCUT2D eigenvalue weighted by molar-refractivity contribution is 6.00. The molecular formula is C27H26N2O4. The van der Waals surface area contributed by atoms with Crippen molar-refractivity contribution in [1.82, 2.24) is 0 Å². The van der Waals surface area contributed by atoms with Gasteiger partial charge in [0.1, 0.15) is 0 Å². The zero-order valence-electron chi connectivity index (χ0n) is 18.7. The molecule has 2 amide bonds. The van der Waals surface area contributed by atoms with E-state index in [1.807, 2.05) is 38.1 Å². The second kappa shape index (κ2) is 9.69. The van der Waals surface area contributed by atoms with Crippen LogP contribution in [0.4, 0.5) is 11.4 Å². The molecule has 3 aromatic carbocycles. The molecule has 6 heteroatoms. The number of aryl methyl sites for hydroxylation is 2. The molecular weight excluding hydrogens is 416 g/mol. The highest BCUT2D eigenvalue weighted by atomic mass is 16.5. The van der Waals surface area contributed by atoms with Gasteiger partial charge in [0.15, 0.2) is 0 Å². The number of rotatable bonds is 6. The lowest BCUT2D eigenvalue weighted by Crippen LogP contribution is -2.27. The Balaban J connectivity index is 1.58. The Morgan fingerprint density at radius 1 is 0.970 bits per heavy atom. The summed E-state index contributed by atoms with van der Waals surface area (Å²) in [6, 6.07) is 21.5. The van der Waals surface area contributed by atoms with Crippen LogP contribution in [-0.4, -0.2) is 24.3 Å². The van der Waals surface area contributed by atoms with Crippen LogP contribution in [0.1, 0.15) is 46.0 Å². The third kappa shape index (κ3) is 5.12. The molecule has 0 radical (unpaired) electrons. The monoisotopic (exact) mass is 442 g/mol. The van der Waals surface area contributed by atoms with Crippen LogP contribution in [0.5, 0.6) is 0 Å². The molecule has 33 heavy (non-hydrogen) atoms. The maximum absolute atomic E-state index is 13.2. The largest absolute Gasteiger partial charge is 0.444 e. The number of ether oxygens (including phenoxy) is 1. The summed E-state index contributed by atoms with van der Waals surface area (Å²) in [6.45, 7) is 4.48. The fourth-order valence-corrected chi connectivity index (χ4v) is 3.87. The lowest BCUT2D eigenvalue weighted by molar-refractivity contribution is -0.125. The Hall–Kier alpha value is -3.93. The quantitative estimate of drug-likeness (QED) is 0.547. The van der Waals surface area contributed by atoms with Gasteiger partial charge in [-0.05, 0) is 55.7 Å². The van der Waals surface area contributed by atoms with Gasteiger partial charge in [0.25, 0.3) is 5.91 Å². The number of hydrogen-bond acceptors (Lipinski definition) is 4. The first kappa shape index (κ1) is 22.3. The summed E-state index contributed by atoms with van der Waals surface area (Å²) >= 11 is 0. The number of carbonyl (C=O) groups excluding carboxylic acids is 3. The first-order valence-corrected chi connectivity index (χ1v) is 11.0. The van der Waals surface area contributed by atoms with Crippen molar-refractivity contribution in [1.29, 1.82) is 0 Å². The minimum absolute atomic E-state index is 0.0376. The van der Waals surface area contributed by atoms with Crippen molar-refractivity contribution >= 4 is 29.2 Å². The van der Waals surface area contributed by atoms with Gasteiger partial charge in [-0.1, -0.05) is 48.5 Å². The summed E-state index contributed by atoms with van der Waals surface area (Å²) < 4.78 is 5.72. The van der Waals surface area contributed by atoms with Gasteiger partial charge in [-0.15, -0.1) is 0 Å². The van der Waals surface area contributed by atoms with E-state index in [-0.39, 0.29) is 11.5 Å². The van der Waals surface area contributed by atoms with Crippen molar-refractivity contribution in [3.05, 3.63) is 95.1 Å². The van der Waals surface area contributed by atoms with Gasteiger partial charge in [-0.3, -0.25) is 9.59 Å². The molecule has 1 aliphatic heterocycles. The lowest BCUT2D eigenvalue weighted by Gasteiger charge is -2.20. The van der Waals surface area contributed by atoms with E-state index in [2.05, 4.69) is 5.32 Å². The van der Waals surface area contributed by atoms with Crippen LogP contribution in [0.3, 0.4) is 0 Å². The predicted molar refractivity (Wildman–Crippen MR) is 127 cm³/mol. The molecule has 168 valence electrons. The van der Waals surface area contributed by atoms with Crippen molar-refractivity contribution in [2.75, 3.05) is 16.8 Å². The molecule has 0 spiro atoms. The summed E-state index contributed by atoms with van der Waals surface area (Å²) in [5.74, 6) is -1.03. The van der Waals surface area contributed by atoms with Crippen molar-refractivity contribution < 1.29 is 19.1 Å². The fraction of sp³-hybridized carbons (Fsp3) is 0.222. The highest BCUT2D eigenvalue weighted by Crippen LogP contribution is 2.26. The highest BCUT2D eigenvalue weighted by Gasteiger charge is 2.27. The zero-order chi connectivity index (χ0) is 23.4. The molecule has 6 nitrogen and oxygen atoms in total. The maximum Gasteiger partial charge on any atom is 0.339 e. The normalized spacial score (nSPS) is 14.1. The molecule has 0 saturated carbocycles. The van der Waals surface area contributed by atoms with E-state index < -0.39 is 18.0 Å². The minimum Gasteiger partial charge on any atom is -0.444 e. The first-order chi connectivity index (χ1) is 15.9. The summed E-state index contributed by atoms with van der Waals surface area (Å²) in [7, 11) is 0. The molecule has 1 unspecified atom stereocenters. The van der Waals surface area contributed by atoms with Crippen molar-refractivity contribution in [2.24, 2.45) is 0 Å². The third-order valence-corrected chi connectivity index (χ3v) is 5.68. The first-order valence-electron chi connectivity index (χ1n) is 11.0. The molecule has 0 aliphatic carbocycles. The van der Waals surface area contributed by atoms with Crippen molar-refractivity contribution in [3.8, 4) is 0 Å². The van der Waals surface area contributed by atoms with Crippen LogP contribution in [0.2, 0.25) is 0 Å². The van der Waals surface area contributed by atoms with Gasteiger partial charge < -0.3 is 15.0 Å². The number of benzene rings is 3. The Kier molecular flexibility index (Phi) is 6.54. The van der Waals surface area contributed by atoms with Crippen LogP contribution < -0.4 is 10.2 Å². The maximum atomic E-state index is 13.2. The van der Waals surface area contributed by atoms with Gasteiger partial charge in [-0.25, -0.2) is 4.79 Å². The smallest absolute Gasteiger partial charge is 0.339 e. The summed E-state index contributed by atoms with van der Waals surface area (Å²) in [6.07, 6.45) is 0.168. The Morgan fingerprint density at radius 2 is 1.76 bits per heavy atom. The van der Waals surface area contributed by atoms with Crippen molar-refractivity contribution in [2.45, 2.75) is 32.8 Å². The van der Waals surface area contributed by atoms with Crippen LogP contribution in [0.15, 0.2) is 72.8 Å². The van der Waals surface area contributed by atoms with E-state index in [4.69, 9.17) is 4.74 Å². The van der Waals surface area contributed by atoms with Gasteiger partial charge in [0, 0.05) is 29.9 Å². The van der Waals surface area contributed by atoms with E-state index >= 15 is 0 Å². The van der Waals surface area contributed by atoms with Crippen LogP contribution in [0, 0.1) is 13.8 Å². The van der Waals surface area contributed by atoms with E-state index in [0.717, 1.165) is 17.5 Å². The van der Waals surface area contributed by atoms with Crippen LogP contribution in [0.25, 0.3) is 0 Å². The number of amides is 2. The molecule has 3 aromatic rings. The SMILES string of the molecule is Cc1ccc(C)c(NC(=O)C(OC(=O)c2cccc(N3CCCC3=O)c2)c2ccccc2)c1. The van der Waals surface area contributed by atoms with E-state index in [1.54, 1.807) is 53.4 Å². The van der Waals surface area contributed by atoms with Crippen molar-refractivity contribution in [3.63, 3.8) is 0 Å². The number of hydrogen-bond donors (Lipinski definition) is 1. The molecule has 1 atom stereocenters. The molecule has 1 heterocycles. The minimum atomic E-state index is -1.13. The molecule has 4 rings (SSSR count). The molecule has 1 saturated heterocycles. The summed E-state index contributed by atoms with van der Waals surface area (Å²) in [5.41, 5.74) is 4.11. The number of carbonyl (C=O) groups is 3. The Bertz CT molecular complexity index is 1190. The second-order valence-electron chi connectivity index (χ2n) is 8.20. The number of anilines is 2. The summed E-state index contributed by atoms with van der Waals surface area (Å²) in [4.78, 5) is 40.0. The number of esters is 1. The van der Waals surface area contributed by atoms with Gasteiger partial charge in [-0.2, -0.15) is 0 Å². The Labute approximate surface area is 193 Å². The van der Waals surface area contributed by atoms with Crippen LogP contribution in [-0.2, 0) is 14.3 Å². The van der Waals surface area contributed by atoms with Gasteiger partial charge in [0.2, 0.25) is 12.0 Å². The predicted octanol–water partition coefficient (Wildman–Crippen LogP) is 4.97.